The van der Waals surface area contributed by atoms with Crippen LogP contribution in [0.25, 0.3) is 21.8 Å². The van der Waals surface area contributed by atoms with Gasteiger partial charge in [-0.05, 0) is 36.2 Å². The molecule has 3 aromatic carbocycles. The number of hydrogen-bond acceptors (Lipinski definition) is 5. The number of ether oxygens (including phenoxy) is 1. The molecule has 0 atom stereocenters. The topological polar surface area (TPSA) is 73.2 Å². The molecule has 2 aromatic heterocycles. The van der Waals surface area contributed by atoms with Crippen molar-refractivity contribution in [2.45, 2.75) is 19.9 Å². The summed E-state index contributed by atoms with van der Waals surface area (Å²) in [5.41, 5.74) is 4.88. The Labute approximate surface area is 213 Å². The Balaban J connectivity index is 1.52. The second kappa shape index (κ2) is 10.3. The zero-order valence-electron chi connectivity index (χ0n) is 20.0. The van der Waals surface area contributed by atoms with Gasteiger partial charge in [0.05, 0.1) is 18.3 Å². The molecular formula is C29H25N3O3S. The minimum absolute atomic E-state index is 0.225. The molecule has 0 saturated carbocycles. The van der Waals surface area contributed by atoms with Crippen LogP contribution in [0.4, 0.5) is 0 Å². The zero-order valence-corrected chi connectivity index (χ0v) is 20.8. The first-order chi connectivity index (χ1) is 17.6. The predicted octanol–water partition coefficient (Wildman–Crippen LogP) is 6.03. The van der Waals surface area contributed by atoms with Gasteiger partial charge in [0, 0.05) is 40.3 Å². The molecule has 36 heavy (non-hydrogen) atoms. The molecule has 0 aliphatic carbocycles. The summed E-state index contributed by atoms with van der Waals surface area (Å²) in [4.78, 5) is 30.2. The molecule has 0 aliphatic rings. The summed E-state index contributed by atoms with van der Waals surface area (Å²) >= 11 is 0.771. The van der Waals surface area contributed by atoms with Gasteiger partial charge in [-0.25, -0.2) is 4.98 Å². The van der Waals surface area contributed by atoms with E-state index in [0.29, 0.717) is 24.2 Å². The van der Waals surface area contributed by atoms with Crippen LogP contribution in [0.3, 0.4) is 0 Å². The number of amides is 1. The van der Waals surface area contributed by atoms with Crippen LogP contribution in [0.1, 0.15) is 39.0 Å². The number of benzene rings is 3. The highest BCUT2D eigenvalue weighted by molar-refractivity contribution is 8.12. The number of pyridine rings is 1. The van der Waals surface area contributed by atoms with Crippen molar-refractivity contribution >= 4 is 44.8 Å². The number of methoxy groups -OCH3 is 1. The van der Waals surface area contributed by atoms with Crippen molar-refractivity contribution < 1.29 is 14.3 Å². The molecule has 0 fully saturated rings. The maximum absolute atomic E-state index is 13.0. The molecular weight excluding hydrogens is 470 g/mol. The lowest BCUT2D eigenvalue weighted by molar-refractivity contribution is 0.0973. The number of fused-ring (bicyclic) bond motifs is 3. The van der Waals surface area contributed by atoms with E-state index in [1.165, 1.54) is 0 Å². The number of nitrogens with zero attached hydrogens (tertiary/aromatic N) is 2. The van der Waals surface area contributed by atoms with Crippen molar-refractivity contribution in [3.63, 3.8) is 0 Å². The average molecular weight is 496 g/mol. The largest absolute Gasteiger partial charge is 0.497 e. The lowest BCUT2D eigenvalue weighted by Crippen LogP contribution is -2.20. The minimum Gasteiger partial charge on any atom is -0.497 e. The second-order valence-electron chi connectivity index (χ2n) is 8.34. The number of carbonyl (C=O) groups excluding carboxylic acids is 2. The van der Waals surface area contributed by atoms with Crippen molar-refractivity contribution in [1.29, 1.82) is 0 Å². The van der Waals surface area contributed by atoms with Gasteiger partial charge < -0.3 is 9.30 Å². The molecule has 5 rings (SSSR count). The van der Waals surface area contributed by atoms with E-state index in [2.05, 4.69) is 33.6 Å². The Morgan fingerprint density at radius 2 is 1.67 bits per heavy atom. The van der Waals surface area contributed by atoms with Gasteiger partial charge >= 0.3 is 0 Å². The Hall–Kier alpha value is -4.10. The summed E-state index contributed by atoms with van der Waals surface area (Å²) in [6, 6.07) is 26.9. The van der Waals surface area contributed by atoms with Crippen molar-refractivity contribution in [3.8, 4) is 5.75 Å². The number of para-hydroxylation sites is 1. The fraction of sp³-hybridized carbons (Fsp3) is 0.138. The van der Waals surface area contributed by atoms with Crippen molar-refractivity contribution in [1.82, 2.24) is 14.3 Å². The molecule has 7 heteroatoms. The lowest BCUT2D eigenvalue weighted by Gasteiger charge is -2.12. The van der Waals surface area contributed by atoms with Crippen molar-refractivity contribution in [3.05, 3.63) is 107 Å². The van der Waals surface area contributed by atoms with Crippen LogP contribution in [0, 0.1) is 0 Å². The van der Waals surface area contributed by atoms with E-state index in [9.17, 15) is 9.59 Å². The van der Waals surface area contributed by atoms with Gasteiger partial charge in [-0.15, -0.1) is 0 Å². The first-order valence-electron chi connectivity index (χ1n) is 11.7. The minimum atomic E-state index is -0.395. The second-order valence-corrected chi connectivity index (χ2v) is 9.12. The first-order valence-corrected chi connectivity index (χ1v) is 12.5. The zero-order chi connectivity index (χ0) is 25.1. The summed E-state index contributed by atoms with van der Waals surface area (Å²) in [5.74, 6) is 0.420. The predicted molar refractivity (Wildman–Crippen MR) is 145 cm³/mol. The van der Waals surface area contributed by atoms with Gasteiger partial charge in [0.25, 0.3) is 5.91 Å². The third-order valence-electron chi connectivity index (χ3n) is 6.13. The average Bonchev–Trinajstić information content (AvgIpc) is 3.25. The third kappa shape index (κ3) is 4.57. The Morgan fingerprint density at radius 1 is 0.944 bits per heavy atom. The molecule has 180 valence electrons. The highest BCUT2D eigenvalue weighted by Crippen LogP contribution is 2.32. The van der Waals surface area contributed by atoms with Crippen LogP contribution in [-0.4, -0.2) is 27.7 Å². The van der Waals surface area contributed by atoms with Crippen LogP contribution >= 0.6 is 11.9 Å². The van der Waals surface area contributed by atoms with Crippen LogP contribution in [0.5, 0.6) is 5.75 Å². The molecule has 1 N–H and O–H groups in total. The standard InChI is InChI=1S/C29H25N3O3S/c1-3-24-27-23(17-25(30-24)28(33)31-36-29(34)20-9-5-4-6-10-20)22-11-7-8-12-26(22)32(27)18-19-13-15-21(35-2)16-14-19/h4-17H,3,18H2,1-2H3,(H,31,33). The van der Waals surface area contributed by atoms with E-state index in [1.807, 2.05) is 43.3 Å². The molecule has 0 aliphatic heterocycles. The summed E-state index contributed by atoms with van der Waals surface area (Å²) in [6.45, 7) is 2.70. The Bertz CT molecular complexity index is 1560. The number of hydrogen-bond donors (Lipinski definition) is 1. The van der Waals surface area contributed by atoms with E-state index in [0.717, 1.165) is 50.8 Å². The van der Waals surface area contributed by atoms with E-state index in [4.69, 9.17) is 9.72 Å². The van der Waals surface area contributed by atoms with Crippen molar-refractivity contribution in [2.75, 3.05) is 7.11 Å². The van der Waals surface area contributed by atoms with Crippen LogP contribution in [0.15, 0.2) is 84.9 Å². The van der Waals surface area contributed by atoms with Gasteiger partial charge in [0.2, 0.25) is 5.12 Å². The number of carbonyl (C=O) groups is 2. The summed E-state index contributed by atoms with van der Waals surface area (Å²) in [5, 5.41) is 1.80. The molecule has 0 bridgehead atoms. The molecule has 0 unspecified atom stereocenters. The number of nitrogens with one attached hydrogen (secondary N) is 1. The Kier molecular flexibility index (Phi) is 6.73. The highest BCUT2D eigenvalue weighted by atomic mass is 32.2. The number of rotatable bonds is 6. The quantitative estimate of drug-likeness (QED) is 0.291. The van der Waals surface area contributed by atoms with E-state index >= 15 is 0 Å². The fourth-order valence-electron chi connectivity index (χ4n) is 4.37. The maximum Gasteiger partial charge on any atom is 0.280 e. The molecule has 0 saturated heterocycles. The van der Waals surface area contributed by atoms with Crippen molar-refractivity contribution in [2.24, 2.45) is 0 Å². The van der Waals surface area contributed by atoms with E-state index in [1.54, 1.807) is 31.4 Å². The van der Waals surface area contributed by atoms with Crippen LogP contribution in [0.2, 0.25) is 0 Å². The smallest absolute Gasteiger partial charge is 0.280 e. The highest BCUT2D eigenvalue weighted by Gasteiger charge is 2.19. The number of aromatic nitrogens is 2. The number of aryl methyl sites for hydroxylation is 1. The lowest BCUT2D eigenvalue weighted by atomic mass is 10.1. The van der Waals surface area contributed by atoms with E-state index < -0.39 is 5.91 Å². The molecule has 6 nitrogen and oxygen atoms in total. The molecule has 5 aromatic rings. The first kappa shape index (κ1) is 23.6. The molecule has 0 spiro atoms. The molecule has 1 amide bonds. The molecule has 0 radical (unpaired) electrons. The normalized spacial score (nSPS) is 11.1. The van der Waals surface area contributed by atoms with Crippen LogP contribution < -0.4 is 9.46 Å². The van der Waals surface area contributed by atoms with Gasteiger partial charge in [0.15, 0.2) is 0 Å². The fourth-order valence-corrected chi connectivity index (χ4v) is 4.92. The summed E-state index contributed by atoms with van der Waals surface area (Å²) in [7, 11) is 1.66. The van der Waals surface area contributed by atoms with Gasteiger partial charge in [-0.1, -0.05) is 67.6 Å². The van der Waals surface area contributed by atoms with Gasteiger partial charge in [-0.2, -0.15) is 0 Å². The summed E-state index contributed by atoms with van der Waals surface area (Å²) < 4.78 is 10.2. The van der Waals surface area contributed by atoms with E-state index in [-0.39, 0.29) is 5.12 Å². The Morgan fingerprint density at radius 3 is 2.39 bits per heavy atom. The molecule has 2 heterocycles. The SMILES string of the molecule is CCc1nc(C(=O)NSC(=O)c2ccccc2)cc2c3ccccc3n(Cc3ccc(OC)cc3)c12. The summed E-state index contributed by atoms with van der Waals surface area (Å²) in [6.07, 6.45) is 0.659. The monoisotopic (exact) mass is 495 g/mol. The van der Waals surface area contributed by atoms with Crippen LogP contribution in [-0.2, 0) is 13.0 Å². The van der Waals surface area contributed by atoms with Gasteiger partial charge in [-0.3, -0.25) is 14.3 Å². The van der Waals surface area contributed by atoms with Gasteiger partial charge in [0.1, 0.15) is 11.4 Å². The third-order valence-corrected chi connectivity index (χ3v) is 6.84. The maximum atomic E-state index is 13.0.